The van der Waals surface area contributed by atoms with Crippen LogP contribution >= 0.6 is 0 Å². The minimum Gasteiger partial charge on any atom is -0.495 e. The molecule has 0 aromatic heterocycles. The largest absolute Gasteiger partial charge is 0.495 e. The van der Waals surface area contributed by atoms with Crippen molar-refractivity contribution in [1.29, 1.82) is 0 Å². The van der Waals surface area contributed by atoms with Gasteiger partial charge in [0.25, 0.3) is 0 Å². The van der Waals surface area contributed by atoms with Crippen LogP contribution in [0.1, 0.15) is 107 Å². The van der Waals surface area contributed by atoms with Crippen molar-refractivity contribution in [2.24, 2.45) is 0 Å². The molecule has 0 amide bonds. The van der Waals surface area contributed by atoms with Gasteiger partial charge in [0.15, 0.2) is 0 Å². The van der Waals surface area contributed by atoms with Gasteiger partial charge >= 0.3 is 29.8 Å². The number of methoxy groups -OCH3 is 3. The number of carbonyl (C=O) groups excluding carboxylic acids is 3. The van der Waals surface area contributed by atoms with E-state index in [2.05, 4.69) is 0 Å². The van der Waals surface area contributed by atoms with Gasteiger partial charge in [0, 0.05) is 22.3 Å². The maximum absolute atomic E-state index is 13.9. The second-order valence-electron chi connectivity index (χ2n) is 14.7. The minimum absolute atomic E-state index is 0.00136. The van der Waals surface area contributed by atoms with E-state index in [9.17, 15) is 34.2 Å². The monoisotopic (exact) mass is 848 g/mol. The Morgan fingerprint density at radius 2 is 0.790 bits per heavy atom. The average Bonchev–Trinajstić information content (AvgIpc) is 3.23. The van der Waals surface area contributed by atoms with Gasteiger partial charge in [-0.2, -0.15) is 0 Å². The Labute approximate surface area is 358 Å². The highest BCUT2D eigenvalue weighted by molar-refractivity contribution is 6.00. The van der Waals surface area contributed by atoms with Crippen molar-refractivity contribution < 1.29 is 67.3 Å². The molecule has 0 aliphatic carbocycles. The highest BCUT2D eigenvalue weighted by Gasteiger charge is 2.31. The number of carboxylic acids is 2. The third-order valence-corrected chi connectivity index (χ3v) is 11.2. The summed E-state index contributed by atoms with van der Waals surface area (Å²) >= 11 is 0. The van der Waals surface area contributed by atoms with Gasteiger partial charge in [0.2, 0.25) is 0 Å². The Morgan fingerprint density at radius 3 is 1.21 bits per heavy atom. The molecule has 62 heavy (non-hydrogen) atoms. The predicted octanol–water partition coefficient (Wildman–Crippen LogP) is 9.64. The van der Waals surface area contributed by atoms with Gasteiger partial charge in [0.05, 0.1) is 32.5 Å². The van der Waals surface area contributed by atoms with E-state index in [0.717, 1.165) is 0 Å². The van der Waals surface area contributed by atoms with E-state index in [1.807, 2.05) is 0 Å². The second kappa shape index (κ2) is 18.1. The molecule has 0 aliphatic rings. The number of ether oxygens (including phenoxy) is 7. The summed E-state index contributed by atoms with van der Waals surface area (Å²) in [7, 11) is 4.08. The molecule has 0 unspecified atom stereocenters. The molecule has 2 N–H and O–H groups in total. The molecule has 0 radical (unpaired) electrons. The quantitative estimate of drug-likeness (QED) is 0.0841. The molecule has 5 rings (SSSR count). The average molecular weight is 849 g/mol. The van der Waals surface area contributed by atoms with E-state index in [-0.39, 0.29) is 62.3 Å². The maximum atomic E-state index is 13.9. The van der Waals surface area contributed by atoms with Crippen LogP contribution in [-0.2, 0) is 0 Å². The normalized spacial score (nSPS) is 10.8. The van der Waals surface area contributed by atoms with Crippen LogP contribution < -0.4 is 33.2 Å². The zero-order valence-corrected chi connectivity index (χ0v) is 36.8. The molecule has 0 saturated heterocycles. The molecule has 0 fully saturated rings. The highest BCUT2D eigenvalue weighted by Crippen LogP contribution is 2.43. The Morgan fingerprint density at radius 1 is 0.403 bits per heavy atom. The fraction of sp³-hybridized carbons (Fsp3) is 0.271. The van der Waals surface area contributed by atoms with E-state index in [1.165, 1.54) is 33.5 Å². The molecule has 0 atom stereocenters. The number of hydrogen-bond donors (Lipinski definition) is 2. The first-order valence-corrected chi connectivity index (χ1v) is 19.3. The highest BCUT2D eigenvalue weighted by atomic mass is 16.6. The second-order valence-corrected chi connectivity index (χ2v) is 14.7. The van der Waals surface area contributed by atoms with Gasteiger partial charge in [-0.25, -0.2) is 24.0 Å². The first kappa shape index (κ1) is 45.7. The lowest BCUT2D eigenvalue weighted by atomic mass is 9.95. The number of rotatable bonds is 13. The van der Waals surface area contributed by atoms with Gasteiger partial charge in [-0.3, -0.25) is 0 Å². The molecule has 0 bridgehead atoms. The SMILES string of the molecule is COc1c(C)c(OC(=O)c2ccc(Oc3cccc(C(=O)Oc4c(C)c(C)c(C(=O)Oc5c(C)c(C)c(C(=O)O)c(OC)c5C)c(OC)c4C)c3C)cc2)c(C)c(C)c1C(=O)O. The standard InChI is InChI=1S/C48H48O14/c1-21-24(4)38(28(8)41(56-11)35(21)44(49)50)60-46(53)31-17-19-32(20-18-31)59-34-16-14-15-33(27(34)7)47(54)61-39-26(6)23(3)37(43(58-13)30(39)10)48(55)62-40-25(5)22(2)36(45(51)52)42(57-12)29(40)9/h14-20H,1-13H3,(H,49,50)(H,51,52). The molecule has 14 nitrogen and oxygen atoms in total. The number of aromatic carboxylic acids is 2. The van der Waals surface area contributed by atoms with Crippen LogP contribution in [0.3, 0.4) is 0 Å². The fourth-order valence-electron chi connectivity index (χ4n) is 7.46. The molecule has 0 aliphatic heterocycles. The summed E-state index contributed by atoms with van der Waals surface area (Å²) in [5.41, 5.74) is 4.65. The summed E-state index contributed by atoms with van der Waals surface area (Å²) in [5.74, 6) is -2.92. The summed E-state index contributed by atoms with van der Waals surface area (Å²) < 4.78 is 40.3. The Balaban J connectivity index is 1.37. The van der Waals surface area contributed by atoms with Crippen molar-refractivity contribution in [3.63, 3.8) is 0 Å². The minimum atomic E-state index is -1.17. The molecule has 0 spiro atoms. The van der Waals surface area contributed by atoms with Crippen molar-refractivity contribution in [2.75, 3.05) is 21.3 Å². The van der Waals surface area contributed by atoms with E-state index >= 15 is 0 Å². The van der Waals surface area contributed by atoms with Crippen molar-refractivity contribution >= 4 is 29.8 Å². The van der Waals surface area contributed by atoms with E-state index < -0.39 is 29.8 Å². The van der Waals surface area contributed by atoms with Crippen LogP contribution in [-0.4, -0.2) is 61.4 Å². The van der Waals surface area contributed by atoms with Gasteiger partial charge in [-0.1, -0.05) is 6.07 Å². The summed E-state index contributed by atoms with van der Waals surface area (Å²) in [5, 5.41) is 19.5. The van der Waals surface area contributed by atoms with Gasteiger partial charge in [-0.15, -0.1) is 0 Å². The first-order chi connectivity index (χ1) is 29.2. The van der Waals surface area contributed by atoms with Crippen LogP contribution in [0, 0.1) is 69.2 Å². The predicted molar refractivity (Wildman–Crippen MR) is 228 cm³/mol. The molecule has 0 heterocycles. The summed E-state index contributed by atoms with van der Waals surface area (Å²) in [6.45, 7) is 16.5. The summed E-state index contributed by atoms with van der Waals surface area (Å²) in [6, 6.07) is 11.1. The zero-order valence-electron chi connectivity index (χ0n) is 36.8. The number of carboxylic acid groups (broad SMARTS) is 2. The first-order valence-electron chi connectivity index (χ1n) is 19.3. The third kappa shape index (κ3) is 8.23. The molecule has 324 valence electrons. The molecule has 5 aromatic rings. The van der Waals surface area contributed by atoms with Crippen molar-refractivity contribution in [2.45, 2.75) is 69.2 Å². The van der Waals surface area contributed by atoms with E-state index in [0.29, 0.717) is 67.1 Å². The van der Waals surface area contributed by atoms with Gasteiger partial charge < -0.3 is 43.4 Å². The molecule has 0 saturated carbocycles. The van der Waals surface area contributed by atoms with Gasteiger partial charge in [-0.05, 0) is 139 Å². The van der Waals surface area contributed by atoms with Gasteiger partial charge in [0.1, 0.15) is 62.7 Å². The Hall–Kier alpha value is -7.35. The van der Waals surface area contributed by atoms with Crippen LogP contribution in [0.2, 0.25) is 0 Å². The summed E-state index contributed by atoms with van der Waals surface area (Å²) in [4.78, 5) is 64.9. The van der Waals surface area contributed by atoms with Crippen LogP contribution in [0.25, 0.3) is 0 Å². The number of benzene rings is 5. The molecule has 14 heteroatoms. The smallest absolute Gasteiger partial charge is 0.347 e. The topological polar surface area (TPSA) is 190 Å². The van der Waals surface area contributed by atoms with E-state index in [4.69, 9.17) is 33.2 Å². The lowest BCUT2D eigenvalue weighted by Gasteiger charge is -2.22. The fourth-order valence-corrected chi connectivity index (χ4v) is 7.46. The zero-order chi connectivity index (χ0) is 46.1. The Bertz CT molecular complexity index is 2690. The number of hydrogen-bond acceptors (Lipinski definition) is 12. The number of carbonyl (C=O) groups is 5. The number of esters is 3. The van der Waals surface area contributed by atoms with Crippen LogP contribution in [0.4, 0.5) is 0 Å². The Kier molecular flexibility index (Phi) is 13.3. The third-order valence-electron chi connectivity index (χ3n) is 11.2. The van der Waals surface area contributed by atoms with Crippen LogP contribution in [0.15, 0.2) is 42.5 Å². The molecular weight excluding hydrogens is 801 g/mol. The molecular formula is C48H48O14. The maximum Gasteiger partial charge on any atom is 0.347 e. The van der Waals surface area contributed by atoms with Crippen LogP contribution in [0.5, 0.6) is 46.0 Å². The lowest BCUT2D eigenvalue weighted by Crippen LogP contribution is -2.18. The molecule has 5 aromatic carbocycles. The van der Waals surface area contributed by atoms with Crippen molar-refractivity contribution in [3.05, 3.63) is 126 Å². The lowest BCUT2D eigenvalue weighted by molar-refractivity contribution is 0.0679. The van der Waals surface area contributed by atoms with Crippen molar-refractivity contribution in [1.82, 2.24) is 0 Å². The van der Waals surface area contributed by atoms with Crippen molar-refractivity contribution in [3.8, 4) is 46.0 Å². The van der Waals surface area contributed by atoms with E-state index in [1.54, 1.807) is 99.6 Å². The summed E-state index contributed by atoms with van der Waals surface area (Å²) in [6.07, 6.45) is 0.